The van der Waals surface area contributed by atoms with Gasteiger partial charge in [0.1, 0.15) is 5.82 Å². The van der Waals surface area contributed by atoms with Gasteiger partial charge in [0.15, 0.2) is 0 Å². The van der Waals surface area contributed by atoms with Crippen LogP contribution in [-0.2, 0) is 9.47 Å². The summed E-state index contributed by atoms with van der Waals surface area (Å²) in [5.41, 5.74) is 2.23. The van der Waals surface area contributed by atoms with E-state index in [4.69, 9.17) is 9.47 Å². The number of methoxy groups -OCH3 is 2. The predicted octanol–water partition coefficient (Wildman–Crippen LogP) is 5.61. The molecule has 2 aromatic rings. The van der Waals surface area contributed by atoms with Crippen LogP contribution >= 0.6 is 45.2 Å². The van der Waals surface area contributed by atoms with E-state index < -0.39 is 17.8 Å². The van der Waals surface area contributed by atoms with Crippen molar-refractivity contribution in [2.75, 3.05) is 14.2 Å². The Bertz CT molecular complexity index is 765. The van der Waals surface area contributed by atoms with Crippen molar-refractivity contribution in [3.05, 3.63) is 53.9 Å². The van der Waals surface area contributed by atoms with Gasteiger partial charge in [-0.15, -0.1) is 0 Å². The van der Waals surface area contributed by atoms with Gasteiger partial charge in [-0.2, -0.15) is 0 Å². The van der Waals surface area contributed by atoms with Crippen LogP contribution in [-0.4, -0.2) is 26.2 Å². The van der Waals surface area contributed by atoms with Crippen LogP contribution in [0.25, 0.3) is 11.1 Å². The number of benzene rings is 2. The summed E-state index contributed by atoms with van der Waals surface area (Å²) in [7, 11) is 2.52. The summed E-state index contributed by atoms with van der Waals surface area (Å²) in [4.78, 5) is 24.4. The van der Waals surface area contributed by atoms with E-state index in [1.54, 1.807) is 6.07 Å². The molecule has 0 saturated carbocycles. The molecule has 0 fully saturated rings. The number of ether oxygens (including phenoxy) is 2. The van der Waals surface area contributed by atoms with Gasteiger partial charge in [-0.3, -0.25) is 0 Å². The molecular weight excluding hydrogens is 565 g/mol. The molecule has 0 aromatic heterocycles. The lowest BCUT2D eigenvalue weighted by atomic mass is 9.94. The van der Waals surface area contributed by atoms with Gasteiger partial charge >= 0.3 is 11.9 Å². The van der Waals surface area contributed by atoms with E-state index in [0.29, 0.717) is 20.3 Å². The van der Waals surface area contributed by atoms with E-state index in [1.807, 2.05) is 49.4 Å². The van der Waals surface area contributed by atoms with Crippen molar-refractivity contribution in [2.45, 2.75) is 20.8 Å². The van der Waals surface area contributed by atoms with Gasteiger partial charge < -0.3 is 9.47 Å². The van der Waals surface area contributed by atoms with Gasteiger partial charge in [0.2, 0.25) is 0 Å². The Morgan fingerprint density at radius 3 is 1.73 bits per heavy atom. The summed E-state index contributed by atoms with van der Waals surface area (Å²) in [5.74, 6) is -1.75. The highest BCUT2D eigenvalue weighted by atomic mass is 127. The summed E-state index contributed by atoms with van der Waals surface area (Å²) < 4.78 is 24.7. The third kappa shape index (κ3) is 4.93. The van der Waals surface area contributed by atoms with Crippen LogP contribution in [0.3, 0.4) is 0 Å². The number of halogens is 3. The number of carbonyl (C=O) groups is 2. The second kappa shape index (κ2) is 10.2. The third-order valence-electron chi connectivity index (χ3n) is 3.35. The van der Waals surface area contributed by atoms with Crippen molar-refractivity contribution >= 4 is 57.1 Å². The van der Waals surface area contributed by atoms with Crippen LogP contribution in [0.4, 0.5) is 4.39 Å². The number of esters is 2. The van der Waals surface area contributed by atoms with Crippen molar-refractivity contribution in [1.82, 2.24) is 0 Å². The van der Waals surface area contributed by atoms with Gasteiger partial charge in [-0.05, 0) is 81.9 Å². The standard InChI is InChI=1S/C17H13FI2O4.C2H6/c1-8-4-10(16(21)23-2)14(12(19)5-8)15-11(17(22)24-3)6-9(18)7-13(15)20;1-2/h4-7H,1-3H3;1-2H3. The van der Waals surface area contributed by atoms with Crippen molar-refractivity contribution in [3.63, 3.8) is 0 Å². The molecule has 2 aromatic carbocycles. The second-order valence-electron chi connectivity index (χ2n) is 4.96. The summed E-state index contributed by atoms with van der Waals surface area (Å²) in [6.45, 7) is 5.86. The molecule has 4 nitrogen and oxygen atoms in total. The predicted molar refractivity (Wildman–Crippen MR) is 116 cm³/mol. The molecule has 0 N–H and O–H groups in total. The Labute approximate surface area is 179 Å². The molecule has 2 rings (SSSR count). The molecule has 0 spiro atoms. The highest BCUT2D eigenvalue weighted by molar-refractivity contribution is 14.1. The zero-order chi connectivity index (χ0) is 20.0. The van der Waals surface area contributed by atoms with E-state index >= 15 is 0 Å². The van der Waals surface area contributed by atoms with E-state index in [-0.39, 0.29) is 5.56 Å². The van der Waals surface area contributed by atoms with Gasteiger partial charge in [-0.25, -0.2) is 14.0 Å². The molecule has 0 unspecified atom stereocenters. The second-order valence-corrected chi connectivity index (χ2v) is 7.29. The first kappa shape index (κ1) is 22.8. The van der Waals surface area contributed by atoms with E-state index in [1.165, 1.54) is 20.3 Å². The third-order valence-corrected chi connectivity index (χ3v) is 5.05. The molecule has 0 aliphatic carbocycles. The van der Waals surface area contributed by atoms with Crippen LogP contribution in [0.5, 0.6) is 0 Å². The van der Waals surface area contributed by atoms with Gasteiger partial charge in [0.25, 0.3) is 0 Å². The number of carbonyl (C=O) groups excluding carboxylic acids is 2. The Morgan fingerprint density at radius 1 is 0.846 bits per heavy atom. The fourth-order valence-electron chi connectivity index (χ4n) is 2.37. The smallest absolute Gasteiger partial charge is 0.338 e. The molecule has 26 heavy (non-hydrogen) atoms. The average molecular weight is 584 g/mol. The van der Waals surface area contributed by atoms with Crippen LogP contribution in [0.15, 0.2) is 24.3 Å². The zero-order valence-electron chi connectivity index (χ0n) is 15.1. The number of hydrogen-bond acceptors (Lipinski definition) is 4. The summed E-state index contributed by atoms with van der Waals surface area (Å²) >= 11 is 4.02. The van der Waals surface area contributed by atoms with E-state index in [9.17, 15) is 14.0 Å². The summed E-state index contributed by atoms with van der Waals surface area (Å²) in [6.07, 6.45) is 0. The lowest BCUT2D eigenvalue weighted by Crippen LogP contribution is -2.11. The topological polar surface area (TPSA) is 52.6 Å². The number of aryl methyl sites for hydroxylation is 1. The molecule has 0 radical (unpaired) electrons. The van der Waals surface area contributed by atoms with Gasteiger partial charge in [0.05, 0.1) is 25.3 Å². The first-order chi connectivity index (χ1) is 12.3. The largest absolute Gasteiger partial charge is 0.465 e. The van der Waals surface area contributed by atoms with Crippen LogP contribution < -0.4 is 0 Å². The minimum Gasteiger partial charge on any atom is -0.465 e. The minimum atomic E-state index is -0.672. The highest BCUT2D eigenvalue weighted by Crippen LogP contribution is 2.37. The molecule has 0 saturated heterocycles. The fraction of sp³-hybridized carbons (Fsp3) is 0.263. The van der Waals surface area contributed by atoms with Crippen molar-refractivity contribution in [1.29, 1.82) is 0 Å². The molecular formula is C19H19FI2O4. The molecule has 0 aliphatic rings. The molecule has 0 amide bonds. The Kier molecular flexibility index (Phi) is 8.94. The maximum Gasteiger partial charge on any atom is 0.338 e. The lowest BCUT2D eigenvalue weighted by Gasteiger charge is -2.16. The van der Waals surface area contributed by atoms with Gasteiger partial charge in [0, 0.05) is 18.3 Å². The zero-order valence-corrected chi connectivity index (χ0v) is 19.4. The average Bonchev–Trinajstić information content (AvgIpc) is 2.62. The van der Waals surface area contributed by atoms with E-state index in [0.717, 1.165) is 15.2 Å². The molecule has 0 bridgehead atoms. The molecule has 7 heteroatoms. The maximum absolute atomic E-state index is 13.8. The molecule has 0 atom stereocenters. The molecule has 0 heterocycles. The van der Waals surface area contributed by atoms with Crippen LogP contribution in [0.1, 0.15) is 40.1 Å². The monoisotopic (exact) mass is 584 g/mol. The Morgan fingerprint density at radius 2 is 1.27 bits per heavy atom. The quantitative estimate of drug-likeness (QED) is 0.348. The Balaban J connectivity index is 0.00000163. The molecule has 140 valence electrons. The lowest BCUT2D eigenvalue weighted by molar-refractivity contribution is 0.0589. The summed E-state index contributed by atoms with van der Waals surface area (Å²) in [6, 6.07) is 5.98. The highest BCUT2D eigenvalue weighted by Gasteiger charge is 2.25. The van der Waals surface area contributed by atoms with Crippen LogP contribution in [0, 0.1) is 19.9 Å². The van der Waals surface area contributed by atoms with Crippen molar-refractivity contribution < 1.29 is 23.5 Å². The first-order valence-electron chi connectivity index (χ1n) is 7.76. The molecule has 0 aliphatic heterocycles. The SMILES string of the molecule is CC.COC(=O)c1cc(C)cc(I)c1-c1c(I)cc(F)cc1C(=O)OC. The van der Waals surface area contributed by atoms with E-state index in [2.05, 4.69) is 22.6 Å². The first-order valence-corrected chi connectivity index (χ1v) is 9.92. The maximum atomic E-state index is 13.8. The summed E-state index contributed by atoms with van der Waals surface area (Å²) in [5, 5.41) is 0. The number of rotatable bonds is 3. The van der Waals surface area contributed by atoms with Gasteiger partial charge in [-0.1, -0.05) is 13.8 Å². The van der Waals surface area contributed by atoms with Crippen molar-refractivity contribution in [2.24, 2.45) is 0 Å². The minimum absolute atomic E-state index is 0.0637. The number of hydrogen-bond donors (Lipinski definition) is 0. The van der Waals surface area contributed by atoms with Crippen molar-refractivity contribution in [3.8, 4) is 11.1 Å². The fourth-order valence-corrected chi connectivity index (χ4v) is 4.28. The van der Waals surface area contributed by atoms with Crippen LogP contribution in [0.2, 0.25) is 0 Å². The Hall–Kier alpha value is -1.23. The normalized spacial score (nSPS) is 9.85.